The number of phosphoric ester groups is 1. The summed E-state index contributed by atoms with van der Waals surface area (Å²) in [4.78, 5) is 26.5. The Hall–Kier alpha value is -3.08. The first-order valence-electron chi connectivity index (χ1n) is 10.7. The predicted octanol–water partition coefficient (Wildman–Crippen LogP) is 3.92. The molecule has 4 N–H and O–H groups in total. The van der Waals surface area contributed by atoms with Gasteiger partial charge in [0, 0.05) is 47.3 Å². The fraction of sp³-hybridized carbons (Fsp3) is 0.261. The molecule has 10 nitrogen and oxygen atoms in total. The van der Waals surface area contributed by atoms with E-state index in [4.69, 9.17) is 24.8 Å². The highest BCUT2D eigenvalue weighted by Crippen LogP contribution is 2.37. The maximum Gasteiger partial charge on any atom is 0.469 e. The Labute approximate surface area is 206 Å². The summed E-state index contributed by atoms with van der Waals surface area (Å²) < 4.78 is 26.7. The van der Waals surface area contributed by atoms with Crippen molar-refractivity contribution in [2.75, 3.05) is 6.61 Å². The van der Waals surface area contributed by atoms with Crippen LogP contribution >= 0.6 is 19.2 Å². The van der Waals surface area contributed by atoms with Crippen LogP contribution in [0.3, 0.4) is 0 Å². The third-order valence-corrected chi connectivity index (χ3v) is 6.40. The van der Waals surface area contributed by atoms with Crippen molar-refractivity contribution in [3.63, 3.8) is 0 Å². The Morgan fingerprint density at radius 1 is 1.31 bits per heavy atom. The highest BCUT2D eigenvalue weighted by molar-refractivity contribution is 7.46. The summed E-state index contributed by atoms with van der Waals surface area (Å²) in [6.45, 7) is 2.22. The zero-order valence-electron chi connectivity index (χ0n) is 18.9. The van der Waals surface area contributed by atoms with Crippen LogP contribution in [0, 0.1) is 12.8 Å². The van der Waals surface area contributed by atoms with Crippen molar-refractivity contribution in [1.82, 2.24) is 15.1 Å². The first-order chi connectivity index (χ1) is 16.7. The molecule has 0 fully saturated rings. The molecule has 184 valence electrons. The third kappa shape index (κ3) is 7.45. The van der Waals surface area contributed by atoms with Crippen LogP contribution in [0.5, 0.6) is 5.88 Å². The van der Waals surface area contributed by atoms with Gasteiger partial charge in [-0.05, 0) is 25.0 Å². The smallest absolute Gasteiger partial charge is 0.469 e. The zero-order chi connectivity index (χ0) is 24.8. The Bertz CT molecular complexity index is 1290. The molecule has 3 aromatic rings. The molecule has 0 aliphatic heterocycles. The van der Waals surface area contributed by atoms with Gasteiger partial charge in [-0.25, -0.2) is 14.5 Å². The Morgan fingerprint density at radius 2 is 2.17 bits per heavy atom. The van der Waals surface area contributed by atoms with E-state index in [1.54, 1.807) is 41.8 Å². The molecule has 12 heteroatoms. The molecule has 35 heavy (non-hydrogen) atoms. The maximum atomic E-state index is 10.9. The highest BCUT2D eigenvalue weighted by Gasteiger charge is 2.18. The van der Waals surface area contributed by atoms with Gasteiger partial charge in [-0.1, -0.05) is 29.5 Å². The van der Waals surface area contributed by atoms with Gasteiger partial charge in [0.05, 0.1) is 23.0 Å². The number of allylic oxidation sites excluding steroid dienone is 4. The standard InChI is InChI=1S/C23H25N4O6PS/c1-15-26-19(14-35-15)13-31-23-8-6-17(11-25-23)9-18-10-22(33-27-18)20-4-2-3-16(5-7-21(20)24)12-32-34(28,29)30/h2-4,6-8,10-11,14,16H,5,9,12-13,24H2,1H3,(H2,28,29,30)/b3-2-,20-4+,21-7-. The van der Waals surface area contributed by atoms with Crippen LogP contribution in [0.2, 0.25) is 0 Å². The van der Waals surface area contributed by atoms with E-state index in [2.05, 4.69) is 19.6 Å². The summed E-state index contributed by atoms with van der Waals surface area (Å²) in [6, 6.07) is 5.56. The van der Waals surface area contributed by atoms with Crippen molar-refractivity contribution in [1.29, 1.82) is 0 Å². The molecule has 1 aliphatic carbocycles. The van der Waals surface area contributed by atoms with Crippen LogP contribution in [0.25, 0.3) is 5.57 Å². The molecule has 0 aromatic carbocycles. The van der Waals surface area contributed by atoms with Gasteiger partial charge in [-0.15, -0.1) is 11.3 Å². The Kier molecular flexibility index (Phi) is 7.94. The van der Waals surface area contributed by atoms with E-state index in [1.165, 1.54) is 0 Å². The average molecular weight is 517 g/mol. The van der Waals surface area contributed by atoms with Crippen LogP contribution in [0.4, 0.5) is 0 Å². The molecule has 3 heterocycles. The van der Waals surface area contributed by atoms with Crippen LogP contribution in [0.1, 0.15) is 34.1 Å². The Morgan fingerprint density at radius 3 is 2.89 bits per heavy atom. The molecule has 1 atom stereocenters. The number of aryl methyl sites for hydroxylation is 1. The SMILES string of the molecule is Cc1nc(COc2ccc(Cc3cc(C4=C/C=C\C(COP(=O)(O)O)C\C=C\4N)on3)cn2)cs1. The van der Waals surface area contributed by atoms with Gasteiger partial charge in [-0.3, -0.25) is 4.52 Å². The topological polar surface area (TPSA) is 154 Å². The minimum absolute atomic E-state index is 0.109. The van der Waals surface area contributed by atoms with Crippen LogP contribution in [-0.2, 0) is 22.1 Å². The van der Waals surface area contributed by atoms with Crippen molar-refractivity contribution in [2.24, 2.45) is 11.7 Å². The second kappa shape index (κ2) is 11.1. The number of ether oxygens (including phenoxy) is 1. The van der Waals surface area contributed by atoms with Gasteiger partial charge >= 0.3 is 7.82 Å². The van der Waals surface area contributed by atoms with Crippen molar-refractivity contribution >= 4 is 24.7 Å². The third-order valence-electron chi connectivity index (χ3n) is 5.10. The van der Waals surface area contributed by atoms with Gasteiger partial charge in [-0.2, -0.15) is 0 Å². The normalized spacial score (nSPS) is 20.3. The number of hydrogen-bond donors (Lipinski definition) is 3. The summed E-state index contributed by atoms with van der Waals surface area (Å²) in [5.41, 5.74) is 9.93. The van der Waals surface area contributed by atoms with Gasteiger partial charge in [0.25, 0.3) is 0 Å². The summed E-state index contributed by atoms with van der Waals surface area (Å²) in [6.07, 6.45) is 9.85. The largest absolute Gasteiger partial charge is 0.471 e. The van der Waals surface area contributed by atoms with E-state index >= 15 is 0 Å². The number of phosphoric acid groups is 1. The van der Waals surface area contributed by atoms with Crippen LogP contribution in [0.15, 0.2) is 64.3 Å². The van der Waals surface area contributed by atoms with Crippen LogP contribution in [-0.4, -0.2) is 31.5 Å². The molecule has 0 saturated carbocycles. The van der Waals surface area contributed by atoms with E-state index in [1.807, 2.05) is 30.5 Å². The van der Waals surface area contributed by atoms with Gasteiger partial charge in [0.1, 0.15) is 6.61 Å². The molecule has 1 unspecified atom stereocenters. The van der Waals surface area contributed by atoms with E-state index in [-0.39, 0.29) is 12.5 Å². The van der Waals surface area contributed by atoms with Gasteiger partial charge in [0.2, 0.25) is 5.88 Å². The fourth-order valence-corrected chi connectivity index (χ4v) is 4.35. The number of pyridine rings is 1. The summed E-state index contributed by atoms with van der Waals surface area (Å²) >= 11 is 1.58. The minimum Gasteiger partial charge on any atom is -0.471 e. The molecule has 1 aliphatic rings. The maximum absolute atomic E-state index is 10.9. The molecule has 4 rings (SSSR count). The van der Waals surface area contributed by atoms with E-state index in [9.17, 15) is 4.57 Å². The number of rotatable bonds is 9. The number of hydrogen-bond acceptors (Lipinski definition) is 9. The van der Waals surface area contributed by atoms with Crippen molar-refractivity contribution in [2.45, 2.75) is 26.4 Å². The first-order valence-corrected chi connectivity index (χ1v) is 13.2. The Balaban J connectivity index is 1.36. The lowest BCUT2D eigenvalue weighted by Crippen LogP contribution is -2.09. The van der Waals surface area contributed by atoms with Gasteiger partial charge < -0.3 is 24.8 Å². The first kappa shape index (κ1) is 25.0. The van der Waals surface area contributed by atoms with Crippen molar-refractivity contribution in [3.05, 3.63) is 87.5 Å². The molecule has 3 aromatic heterocycles. The molecule has 0 radical (unpaired) electrons. The summed E-state index contributed by atoms with van der Waals surface area (Å²) in [7, 11) is -4.52. The minimum atomic E-state index is -4.52. The van der Waals surface area contributed by atoms with E-state index < -0.39 is 7.82 Å². The molecule has 0 saturated heterocycles. The molecule has 0 bridgehead atoms. The molecular formula is C23H25N4O6PS. The van der Waals surface area contributed by atoms with Crippen molar-refractivity contribution in [3.8, 4) is 5.88 Å². The molecule has 0 amide bonds. The lowest BCUT2D eigenvalue weighted by atomic mass is 9.99. The van der Waals surface area contributed by atoms with E-state index in [0.29, 0.717) is 42.4 Å². The highest BCUT2D eigenvalue weighted by atomic mass is 32.1. The summed E-state index contributed by atoms with van der Waals surface area (Å²) in [5.74, 6) is 0.832. The van der Waals surface area contributed by atoms with Gasteiger partial charge in [0.15, 0.2) is 5.76 Å². The quantitative estimate of drug-likeness (QED) is 0.357. The monoisotopic (exact) mass is 516 g/mol. The number of aromatic nitrogens is 3. The second-order valence-electron chi connectivity index (χ2n) is 7.92. The fourth-order valence-electron chi connectivity index (χ4n) is 3.37. The molecular weight excluding hydrogens is 491 g/mol. The summed E-state index contributed by atoms with van der Waals surface area (Å²) in [5, 5.41) is 7.12. The predicted molar refractivity (Wildman–Crippen MR) is 130 cm³/mol. The van der Waals surface area contributed by atoms with Crippen molar-refractivity contribution < 1.29 is 28.1 Å². The zero-order valence-corrected chi connectivity index (χ0v) is 20.6. The molecule has 0 spiro atoms. The number of nitrogens with zero attached hydrogens (tertiary/aromatic N) is 3. The lowest BCUT2D eigenvalue weighted by molar-refractivity contribution is 0.180. The average Bonchev–Trinajstić information content (AvgIpc) is 3.44. The van der Waals surface area contributed by atoms with Crippen LogP contribution < -0.4 is 10.5 Å². The van der Waals surface area contributed by atoms with E-state index in [0.717, 1.165) is 22.0 Å². The number of nitrogens with two attached hydrogens (primary N) is 1. The lowest BCUT2D eigenvalue weighted by Gasteiger charge is -2.14. The second-order valence-corrected chi connectivity index (χ2v) is 10.2. The number of thiazole rings is 1.